The molecule has 0 amide bonds. The zero-order chi connectivity index (χ0) is 21.1. The van der Waals surface area contributed by atoms with Crippen LogP contribution < -0.4 is 11.1 Å². The first-order valence-electron chi connectivity index (χ1n) is 8.66. The quantitative estimate of drug-likeness (QED) is 0.104. The highest BCUT2D eigenvalue weighted by atomic mass is 16.6. The van der Waals surface area contributed by atoms with Gasteiger partial charge >= 0.3 is 0 Å². The summed E-state index contributed by atoms with van der Waals surface area (Å²) in [6, 6.07) is 0. The number of nitrogens with zero attached hydrogens (tertiary/aromatic N) is 5. The Morgan fingerprint density at radius 1 is 1.64 bits per heavy atom. The summed E-state index contributed by atoms with van der Waals surface area (Å²) in [5.74, 6) is 0.243. The number of aliphatic imine (C=N–C) groups is 1. The molecule has 12 nitrogen and oxygen atoms in total. The van der Waals surface area contributed by atoms with Crippen molar-refractivity contribution in [1.29, 1.82) is 5.41 Å². The van der Waals surface area contributed by atoms with E-state index in [1.54, 1.807) is 11.8 Å². The fourth-order valence-electron chi connectivity index (χ4n) is 2.58. The molecule has 1 fully saturated rings. The number of nitrogens with two attached hydrogens (primary N) is 1. The second-order valence-corrected chi connectivity index (χ2v) is 5.86. The molecule has 2 unspecified atom stereocenters. The molecule has 1 heterocycles. The Bertz CT molecular complexity index is 645. The summed E-state index contributed by atoms with van der Waals surface area (Å²) >= 11 is 0. The van der Waals surface area contributed by atoms with Crippen LogP contribution in [0, 0.1) is 5.41 Å². The highest BCUT2D eigenvalue weighted by molar-refractivity contribution is 5.99. The van der Waals surface area contributed by atoms with Crippen molar-refractivity contribution in [2.75, 3.05) is 19.9 Å². The summed E-state index contributed by atoms with van der Waals surface area (Å²) < 4.78 is 11.3. The van der Waals surface area contributed by atoms with Gasteiger partial charge in [-0.05, 0) is 19.4 Å². The first kappa shape index (κ1) is 23.6. The van der Waals surface area contributed by atoms with Gasteiger partial charge in [-0.25, -0.2) is 4.99 Å². The van der Waals surface area contributed by atoms with Crippen LogP contribution in [0.3, 0.4) is 0 Å². The lowest BCUT2D eigenvalue weighted by Gasteiger charge is -2.28. The molecule has 1 saturated heterocycles. The molecule has 0 aliphatic carbocycles. The van der Waals surface area contributed by atoms with Gasteiger partial charge in [0, 0.05) is 30.3 Å². The second-order valence-electron chi connectivity index (χ2n) is 5.86. The van der Waals surface area contributed by atoms with Crippen LogP contribution in [0.25, 0.3) is 10.4 Å². The lowest BCUT2D eigenvalue weighted by Crippen LogP contribution is -2.36. The third-order valence-electron chi connectivity index (χ3n) is 3.91. The average molecular weight is 396 g/mol. The Morgan fingerprint density at radius 2 is 2.36 bits per heavy atom. The minimum Gasteiger partial charge on any atom is -0.394 e. The van der Waals surface area contributed by atoms with Gasteiger partial charge in [0.1, 0.15) is 25.3 Å². The summed E-state index contributed by atoms with van der Waals surface area (Å²) in [6.07, 6.45) is 0.757. The van der Waals surface area contributed by atoms with Crippen molar-refractivity contribution < 1.29 is 19.7 Å². The van der Waals surface area contributed by atoms with Crippen molar-refractivity contribution in [2.24, 2.45) is 15.8 Å². The van der Waals surface area contributed by atoms with Gasteiger partial charge in [-0.3, -0.25) is 5.32 Å². The van der Waals surface area contributed by atoms with Gasteiger partial charge in [-0.1, -0.05) is 11.7 Å². The van der Waals surface area contributed by atoms with Gasteiger partial charge in [0.15, 0.2) is 5.82 Å². The molecule has 0 radical (unpaired) electrons. The largest absolute Gasteiger partial charge is 0.394 e. The molecule has 0 bridgehead atoms. The van der Waals surface area contributed by atoms with Gasteiger partial charge in [-0.2, -0.15) is 0 Å². The molecule has 0 spiro atoms. The highest BCUT2D eigenvalue weighted by Crippen LogP contribution is 2.29. The molecule has 0 aromatic rings. The third kappa shape index (κ3) is 6.60. The predicted octanol–water partition coefficient (Wildman–Crippen LogP) is 0.358. The number of ether oxygens (including phenoxy) is 2. The normalized spacial score (nSPS) is 23.8. The maximum Gasteiger partial charge on any atom is 0.159 e. The van der Waals surface area contributed by atoms with E-state index >= 15 is 0 Å². The number of aliphatic hydroxyl groups excluding tert-OH is 2. The van der Waals surface area contributed by atoms with Gasteiger partial charge < -0.3 is 35.7 Å². The molecular formula is C16H28N8O4. The summed E-state index contributed by atoms with van der Waals surface area (Å²) in [5.41, 5.74) is 14.6. The van der Waals surface area contributed by atoms with E-state index in [1.807, 2.05) is 0 Å². The molecule has 28 heavy (non-hydrogen) atoms. The molecule has 1 aliphatic heterocycles. The second kappa shape index (κ2) is 12.1. The van der Waals surface area contributed by atoms with Crippen LogP contribution in [0.15, 0.2) is 34.4 Å². The molecule has 0 aromatic heterocycles. The molecule has 6 N–H and O–H groups in total. The number of hydrogen-bond acceptors (Lipinski definition) is 10. The van der Waals surface area contributed by atoms with Crippen LogP contribution in [0.1, 0.15) is 20.3 Å². The fraction of sp³-hybridized carbons (Fsp3) is 0.625. The third-order valence-corrected chi connectivity index (χ3v) is 3.91. The van der Waals surface area contributed by atoms with Crippen molar-refractivity contribution in [3.05, 3.63) is 34.7 Å². The number of azide groups is 1. The number of nitrogens with one attached hydrogen (secondary N) is 2. The molecule has 0 aromatic carbocycles. The highest BCUT2D eigenvalue weighted by Gasteiger charge is 2.39. The SMILES string of the molecule is C=CN(/C(N=CC)=C(\N)C(=N)CNC(C)O)[C@H]1CC(OCN=[N+]=[N-])[C@@H](CO)O1. The molecule has 156 valence electrons. The Morgan fingerprint density at radius 3 is 2.89 bits per heavy atom. The Hall–Kier alpha value is -2.47. The van der Waals surface area contributed by atoms with E-state index in [0.717, 1.165) is 0 Å². The molecule has 1 aliphatic rings. The van der Waals surface area contributed by atoms with Crippen LogP contribution in [0.5, 0.6) is 0 Å². The van der Waals surface area contributed by atoms with E-state index in [9.17, 15) is 10.2 Å². The van der Waals surface area contributed by atoms with Gasteiger partial charge in [0.2, 0.25) is 0 Å². The Labute approximate surface area is 163 Å². The summed E-state index contributed by atoms with van der Waals surface area (Å²) in [7, 11) is 0. The maximum atomic E-state index is 9.54. The van der Waals surface area contributed by atoms with E-state index in [2.05, 4.69) is 26.9 Å². The van der Waals surface area contributed by atoms with Crippen molar-refractivity contribution >= 4 is 11.9 Å². The molecule has 12 heteroatoms. The van der Waals surface area contributed by atoms with Crippen molar-refractivity contribution in [2.45, 2.75) is 44.9 Å². The van der Waals surface area contributed by atoms with Gasteiger partial charge in [-0.15, -0.1) is 0 Å². The van der Waals surface area contributed by atoms with Crippen molar-refractivity contribution in [3.8, 4) is 0 Å². The lowest BCUT2D eigenvalue weighted by molar-refractivity contribution is -0.0683. The first-order chi connectivity index (χ1) is 13.4. The van der Waals surface area contributed by atoms with Crippen LogP contribution in [0.2, 0.25) is 0 Å². The predicted molar refractivity (Wildman–Crippen MR) is 104 cm³/mol. The van der Waals surface area contributed by atoms with Crippen LogP contribution in [-0.4, -0.2) is 71.6 Å². The van der Waals surface area contributed by atoms with E-state index < -0.39 is 24.7 Å². The Kier molecular flexibility index (Phi) is 10.2. The molecule has 0 saturated carbocycles. The minimum absolute atomic E-state index is 0.0289. The van der Waals surface area contributed by atoms with E-state index in [-0.39, 0.29) is 37.1 Å². The van der Waals surface area contributed by atoms with Gasteiger partial charge in [0.05, 0.1) is 24.1 Å². The topological polar surface area (TPSA) is 185 Å². The number of aliphatic hydroxyl groups is 2. The lowest BCUT2D eigenvalue weighted by atomic mass is 10.1. The van der Waals surface area contributed by atoms with E-state index in [4.69, 9.17) is 26.1 Å². The summed E-state index contributed by atoms with van der Waals surface area (Å²) in [4.78, 5) is 8.41. The zero-order valence-corrected chi connectivity index (χ0v) is 16.0. The summed E-state index contributed by atoms with van der Waals surface area (Å²) in [6.45, 7) is 6.56. The van der Waals surface area contributed by atoms with Crippen LogP contribution >= 0.6 is 0 Å². The average Bonchev–Trinajstić information content (AvgIpc) is 3.08. The maximum absolute atomic E-state index is 9.54. The van der Waals surface area contributed by atoms with Gasteiger partial charge in [0.25, 0.3) is 0 Å². The molecular weight excluding hydrogens is 368 g/mol. The van der Waals surface area contributed by atoms with Crippen LogP contribution in [0.4, 0.5) is 0 Å². The zero-order valence-electron chi connectivity index (χ0n) is 16.0. The minimum atomic E-state index is -0.792. The number of rotatable bonds is 12. The smallest absolute Gasteiger partial charge is 0.159 e. The summed E-state index contributed by atoms with van der Waals surface area (Å²) in [5, 5.41) is 33.0. The fourth-order valence-corrected chi connectivity index (χ4v) is 2.58. The standard InChI is InChI=1S/C16H28N8O4/c1-4-20-16(15(18)11(17)7-21-10(3)26)24(5-2)14-6-12(13(8-25)28-14)27-9-22-23-19/h4-5,10,12-14,17,21,25-26H,2,6-9,18H2,1,3H3/b16-15-,17-11?,20-4?/t10?,12?,13-,14-/m1/s1. The Balaban J connectivity index is 3.05. The monoisotopic (exact) mass is 396 g/mol. The van der Waals surface area contributed by atoms with Crippen LogP contribution in [-0.2, 0) is 9.47 Å². The van der Waals surface area contributed by atoms with E-state index in [0.29, 0.717) is 6.42 Å². The molecule has 1 rings (SSSR count). The van der Waals surface area contributed by atoms with Crippen molar-refractivity contribution in [3.63, 3.8) is 0 Å². The number of hydrogen-bond donors (Lipinski definition) is 5. The van der Waals surface area contributed by atoms with E-state index in [1.165, 1.54) is 19.3 Å². The van der Waals surface area contributed by atoms with Crippen molar-refractivity contribution in [1.82, 2.24) is 10.2 Å². The molecule has 4 atom stereocenters. The first-order valence-corrected chi connectivity index (χ1v) is 8.66.